The van der Waals surface area contributed by atoms with Crippen LogP contribution in [-0.2, 0) is 16.3 Å². The van der Waals surface area contributed by atoms with E-state index in [1.807, 2.05) is 41.8 Å². The van der Waals surface area contributed by atoms with Crippen molar-refractivity contribution in [3.63, 3.8) is 0 Å². The van der Waals surface area contributed by atoms with Crippen LogP contribution in [0.3, 0.4) is 0 Å². The maximum absolute atomic E-state index is 13.4. The molecule has 0 atom stereocenters. The molecular formula is C25H25N5O2S2. The third kappa shape index (κ3) is 4.17. The lowest BCUT2D eigenvalue weighted by Crippen LogP contribution is -2.08. The van der Waals surface area contributed by atoms with Gasteiger partial charge in [0.2, 0.25) is 14.9 Å². The van der Waals surface area contributed by atoms with Gasteiger partial charge in [-0.3, -0.25) is 0 Å². The summed E-state index contributed by atoms with van der Waals surface area (Å²) in [5.74, 6) is 0.968. The van der Waals surface area contributed by atoms with Gasteiger partial charge in [0, 0.05) is 6.54 Å². The number of hydrogen-bond donors (Lipinski definition) is 1. The minimum absolute atomic E-state index is 0.134. The first-order valence-corrected chi connectivity index (χ1v) is 13.6. The predicted octanol–water partition coefficient (Wildman–Crippen LogP) is 5.34. The molecule has 7 nitrogen and oxygen atoms in total. The molecule has 2 aromatic carbocycles. The lowest BCUT2D eigenvalue weighted by molar-refractivity contribution is 0.592. The van der Waals surface area contributed by atoms with Crippen LogP contribution in [0.1, 0.15) is 37.3 Å². The molecule has 0 aliphatic carbocycles. The second-order valence-electron chi connectivity index (χ2n) is 8.47. The maximum atomic E-state index is 13.4. The van der Waals surface area contributed by atoms with E-state index in [2.05, 4.69) is 46.6 Å². The van der Waals surface area contributed by atoms with E-state index >= 15 is 0 Å². The molecule has 0 amide bonds. The van der Waals surface area contributed by atoms with E-state index in [0.29, 0.717) is 18.3 Å². The molecule has 0 spiro atoms. The second-order valence-corrected chi connectivity index (χ2v) is 11.2. The average Bonchev–Trinajstić information content (AvgIpc) is 3.50. The number of sulfone groups is 1. The van der Waals surface area contributed by atoms with Crippen LogP contribution in [-0.4, -0.2) is 34.8 Å². The van der Waals surface area contributed by atoms with Crippen molar-refractivity contribution in [1.29, 1.82) is 0 Å². The number of benzene rings is 2. The van der Waals surface area contributed by atoms with Gasteiger partial charge in [-0.05, 0) is 53.5 Å². The fourth-order valence-electron chi connectivity index (χ4n) is 3.90. The molecule has 9 heteroatoms. The van der Waals surface area contributed by atoms with Crippen molar-refractivity contribution in [2.24, 2.45) is 0 Å². The van der Waals surface area contributed by atoms with Gasteiger partial charge in [0.25, 0.3) is 0 Å². The van der Waals surface area contributed by atoms with Gasteiger partial charge in [0.15, 0.2) is 5.65 Å². The highest BCUT2D eigenvalue weighted by Gasteiger charge is 2.27. The third-order valence-electron chi connectivity index (χ3n) is 5.81. The summed E-state index contributed by atoms with van der Waals surface area (Å²) in [5.41, 5.74) is 3.37. The van der Waals surface area contributed by atoms with Gasteiger partial charge in [-0.1, -0.05) is 61.5 Å². The van der Waals surface area contributed by atoms with Crippen molar-refractivity contribution < 1.29 is 8.42 Å². The van der Waals surface area contributed by atoms with E-state index in [0.717, 1.165) is 28.6 Å². The quantitative estimate of drug-likeness (QED) is 0.295. The van der Waals surface area contributed by atoms with Gasteiger partial charge < -0.3 is 5.32 Å². The summed E-state index contributed by atoms with van der Waals surface area (Å²) >= 11 is 1.54. The number of nitrogens with one attached hydrogen (secondary N) is 1. The number of thiophene rings is 1. The molecule has 34 heavy (non-hydrogen) atoms. The molecule has 1 N–H and O–H groups in total. The molecule has 0 saturated carbocycles. The van der Waals surface area contributed by atoms with Crippen LogP contribution in [0.2, 0.25) is 0 Å². The number of nitrogens with zero attached hydrogens (tertiary/aromatic N) is 4. The molecule has 5 rings (SSSR count). The SMILES string of the molecule is CC(C)c1ccc(S(=O)(=O)c2nnn3c2nc(NCCCc2ccccc2)c2sccc23)cc1. The Morgan fingerprint density at radius 1 is 1.03 bits per heavy atom. The van der Waals surface area contributed by atoms with Gasteiger partial charge in [0.1, 0.15) is 5.82 Å². The highest BCUT2D eigenvalue weighted by atomic mass is 32.2. The summed E-state index contributed by atoms with van der Waals surface area (Å²) in [7, 11) is -3.88. The monoisotopic (exact) mass is 491 g/mol. The fourth-order valence-corrected chi connectivity index (χ4v) is 5.98. The number of hydrogen-bond acceptors (Lipinski definition) is 7. The topological polar surface area (TPSA) is 89.2 Å². The Balaban J connectivity index is 1.47. The molecule has 5 aromatic rings. The molecule has 0 aliphatic heterocycles. The van der Waals surface area contributed by atoms with Crippen LogP contribution in [0.25, 0.3) is 15.9 Å². The van der Waals surface area contributed by atoms with Crippen LogP contribution in [0.4, 0.5) is 5.82 Å². The van der Waals surface area contributed by atoms with E-state index in [4.69, 9.17) is 0 Å². The first-order valence-electron chi connectivity index (χ1n) is 11.2. The lowest BCUT2D eigenvalue weighted by Gasteiger charge is -2.09. The van der Waals surface area contributed by atoms with Gasteiger partial charge in [-0.25, -0.2) is 13.4 Å². The van der Waals surface area contributed by atoms with E-state index in [9.17, 15) is 8.42 Å². The maximum Gasteiger partial charge on any atom is 0.229 e. The summed E-state index contributed by atoms with van der Waals surface area (Å²) in [5, 5.41) is 13.4. The minimum Gasteiger partial charge on any atom is -0.369 e. The van der Waals surface area contributed by atoms with Crippen molar-refractivity contribution in [2.75, 3.05) is 11.9 Å². The van der Waals surface area contributed by atoms with Crippen molar-refractivity contribution in [2.45, 2.75) is 42.5 Å². The molecule has 0 fully saturated rings. The fraction of sp³-hybridized carbons (Fsp3) is 0.240. The minimum atomic E-state index is -3.88. The number of anilines is 1. The standard InChI is InChI=1S/C25H25N5O2S2/c1-17(2)19-10-12-20(13-11-19)34(31,32)25-24-27-23(22-21(14-16-33-22)30(24)29-28-25)26-15-6-9-18-7-4-3-5-8-18/h3-5,7-8,10-14,16-17H,6,9,15H2,1-2H3,(H,26,27). The molecule has 0 aliphatic rings. The van der Waals surface area contributed by atoms with E-state index in [-0.39, 0.29) is 15.6 Å². The second kappa shape index (κ2) is 9.15. The Morgan fingerprint density at radius 3 is 2.53 bits per heavy atom. The van der Waals surface area contributed by atoms with E-state index in [1.54, 1.807) is 12.1 Å². The Hall–Kier alpha value is -3.30. The molecule has 3 aromatic heterocycles. The van der Waals surface area contributed by atoms with Crippen LogP contribution in [0.15, 0.2) is 76.0 Å². The molecule has 0 radical (unpaired) electrons. The lowest BCUT2D eigenvalue weighted by atomic mass is 10.0. The molecule has 0 unspecified atom stereocenters. The zero-order valence-electron chi connectivity index (χ0n) is 19.0. The number of aryl methyl sites for hydroxylation is 1. The third-order valence-corrected chi connectivity index (χ3v) is 8.39. The van der Waals surface area contributed by atoms with Crippen LogP contribution >= 0.6 is 11.3 Å². The first-order chi connectivity index (χ1) is 16.4. The van der Waals surface area contributed by atoms with Crippen LogP contribution in [0.5, 0.6) is 0 Å². The summed E-state index contributed by atoms with van der Waals surface area (Å²) < 4.78 is 29.3. The zero-order valence-corrected chi connectivity index (χ0v) is 20.6. The van der Waals surface area contributed by atoms with Gasteiger partial charge in [-0.15, -0.1) is 16.4 Å². The van der Waals surface area contributed by atoms with Crippen molar-refractivity contribution >= 4 is 42.9 Å². The smallest absolute Gasteiger partial charge is 0.229 e. The summed E-state index contributed by atoms with van der Waals surface area (Å²) in [6.07, 6.45) is 1.87. The van der Waals surface area contributed by atoms with Gasteiger partial charge in [-0.2, -0.15) is 4.52 Å². The number of fused-ring (bicyclic) bond motifs is 3. The Labute approximate surface area is 202 Å². The molecule has 0 saturated heterocycles. The van der Waals surface area contributed by atoms with E-state index < -0.39 is 9.84 Å². The summed E-state index contributed by atoms with van der Waals surface area (Å²) in [6, 6.07) is 19.2. The molecular weight excluding hydrogens is 466 g/mol. The largest absolute Gasteiger partial charge is 0.369 e. The van der Waals surface area contributed by atoms with Crippen molar-refractivity contribution in [1.82, 2.24) is 19.8 Å². The van der Waals surface area contributed by atoms with E-state index in [1.165, 1.54) is 21.4 Å². The Morgan fingerprint density at radius 2 is 1.79 bits per heavy atom. The van der Waals surface area contributed by atoms with Crippen LogP contribution in [0, 0.1) is 0 Å². The predicted molar refractivity (Wildman–Crippen MR) is 135 cm³/mol. The molecule has 174 valence electrons. The zero-order chi connectivity index (χ0) is 23.7. The highest BCUT2D eigenvalue weighted by Crippen LogP contribution is 2.31. The summed E-state index contributed by atoms with van der Waals surface area (Å²) in [6.45, 7) is 4.85. The van der Waals surface area contributed by atoms with Crippen molar-refractivity contribution in [3.05, 3.63) is 77.2 Å². The number of rotatable bonds is 8. The highest BCUT2D eigenvalue weighted by molar-refractivity contribution is 7.91. The Kier molecular flexibility index (Phi) is 6.05. The summed E-state index contributed by atoms with van der Waals surface area (Å²) in [4.78, 5) is 4.86. The molecule has 0 bridgehead atoms. The normalized spacial score (nSPS) is 12.1. The van der Waals surface area contributed by atoms with Crippen LogP contribution < -0.4 is 5.32 Å². The van der Waals surface area contributed by atoms with Crippen molar-refractivity contribution in [3.8, 4) is 0 Å². The van der Waals surface area contributed by atoms with Gasteiger partial charge >= 0.3 is 0 Å². The number of aromatic nitrogens is 4. The Bertz CT molecular complexity index is 1540. The average molecular weight is 492 g/mol. The molecule has 3 heterocycles. The van der Waals surface area contributed by atoms with Gasteiger partial charge in [0.05, 0.1) is 15.1 Å². The first kappa shape index (κ1) is 22.5.